The van der Waals surface area contributed by atoms with E-state index in [1.807, 2.05) is 0 Å². The van der Waals surface area contributed by atoms with E-state index in [-0.39, 0.29) is 23.0 Å². The molecule has 0 aromatic heterocycles. The van der Waals surface area contributed by atoms with Crippen molar-refractivity contribution < 1.29 is 24.4 Å². The number of rotatable bonds is 4. The summed E-state index contributed by atoms with van der Waals surface area (Å²) >= 11 is 0. The molecule has 2 rings (SSSR count). The van der Waals surface area contributed by atoms with Gasteiger partial charge in [-0.3, -0.25) is 19.8 Å². The van der Waals surface area contributed by atoms with Crippen LogP contribution in [0.25, 0.3) is 0 Å². The number of carbonyl (C=O) groups excluding carboxylic acids is 1. The average Bonchev–Trinajstić information content (AvgIpc) is 2.44. The molecule has 0 saturated carbocycles. The molecule has 0 radical (unpaired) electrons. The Hall–Kier alpha value is -2.64. The topological polar surface area (TPSA) is 110 Å². The number of hydrogen-bond acceptors (Lipinski definition) is 5. The molecule has 1 amide bonds. The molecule has 1 aliphatic rings. The second-order valence-corrected chi connectivity index (χ2v) is 5.41. The Balaban J connectivity index is 2.57. The van der Waals surface area contributed by atoms with Crippen LogP contribution in [0.4, 0.5) is 11.4 Å². The molecule has 0 spiro atoms. The Labute approximate surface area is 126 Å². The predicted octanol–water partition coefficient (Wildman–Crippen LogP) is 1.82. The largest absolute Gasteiger partial charge is 0.480 e. The first-order valence-electron chi connectivity index (χ1n) is 6.75. The lowest BCUT2D eigenvalue weighted by molar-refractivity contribution is -0.384. The molecule has 118 valence electrons. The molecule has 0 fully saturated rings. The normalized spacial score (nSPS) is 18.6. The SMILES string of the molecule is CC(C)C1Oc2cc([N+](=O)[O-])ccc2N(C(C)C(=O)O)C1=O. The maximum absolute atomic E-state index is 12.5. The van der Waals surface area contributed by atoms with Crippen molar-refractivity contribution in [1.82, 2.24) is 0 Å². The summed E-state index contributed by atoms with van der Waals surface area (Å²) in [6.07, 6.45) is -0.878. The summed E-state index contributed by atoms with van der Waals surface area (Å²) in [7, 11) is 0. The lowest BCUT2D eigenvalue weighted by Crippen LogP contribution is -2.53. The van der Waals surface area contributed by atoms with Gasteiger partial charge in [0, 0.05) is 6.07 Å². The van der Waals surface area contributed by atoms with Gasteiger partial charge in [0.1, 0.15) is 6.04 Å². The first-order valence-corrected chi connectivity index (χ1v) is 6.75. The fourth-order valence-corrected chi connectivity index (χ4v) is 2.28. The van der Waals surface area contributed by atoms with Crippen LogP contribution in [0.2, 0.25) is 0 Å². The minimum absolute atomic E-state index is 0.139. The number of hydrogen-bond donors (Lipinski definition) is 1. The zero-order valence-electron chi connectivity index (χ0n) is 12.3. The van der Waals surface area contributed by atoms with Gasteiger partial charge in [-0.05, 0) is 18.9 Å². The number of aliphatic carboxylic acids is 1. The molecule has 8 nitrogen and oxygen atoms in total. The van der Waals surface area contributed by atoms with Crippen molar-refractivity contribution in [1.29, 1.82) is 0 Å². The van der Waals surface area contributed by atoms with E-state index in [0.717, 1.165) is 4.90 Å². The molecular weight excluding hydrogens is 292 g/mol. The second-order valence-electron chi connectivity index (χ2n) is 5.41. The van der Waals surface area contributed by atoms with Crippen LogP contribution in [0, 0.1) is 16.0 Å². The highest BCUT2D eigenvalue weighted by Gasteiger charge is 2.41. The lowest BCUT2D eigenvalue weighted by atomic mass is 10.0. The molecule has 2 atom stereocenters. The van der Waals surface area contributed by atoms with E-state index in [9.17, 15) is 24.8 Å². The number of nitrogens with zero attached hydrogens (tertiary/aromatic N) is 2. The Morgan fingerprint density at radius 3 is 2.55 bits per heavy atom. The zero-order chi connectivity index (χ0) is 16.6. The number of carbonyl (C=O) groups is 2. The van der Waals surface area contributed by atoms with Crippen LogP contribution in [0.5, 0.6) is 5.75 Å². The minimum atomic E-state index is -1.16. The maximum atomic E-state index is 12.5. The third kappa shape index (κ3) is 2.59. The number of ether oxygens (including phenoxy) is 1. The van der Waals surface area contributed by atoms with Crippen LogP contribution in [-0.2, 0) is 9.59 Å². The van der Waals surface area contributed by atoms with Gasteiger partial charge in [-0.15, -0.1) is 0 Å². The third-order valence-corrected chi connectivity index (χ3v) is 3.50. The van der Waals surface area contributed by atoms with Gasteiger partial charge in [0.15, 0.2) is 11.9 Å². The minimum Gasteiger partial charge on any atom is -0.480 e. The van der Waals surface area contributed by atoms with Gasteiger partial charge in [-0.2, -0.15) is 0 Å². The number of fused-ring (bicyclic) bond motifs is 1. The van der Waals surface area contributed by atoms with Crippen molar-refractivity contribution in [3.8, 4) is 5.75 Å². The predicted molar refractivity (Wildman–Crippen MR) is 76.9 cm³/mol. The van der Waals surface area contributed by atoms with Crippen molar-refractivity contribution in [2.45, 2.75) is 32.9 Å². The zero-order valence-corrected chi connectivity index (χ0v) is 12.3. The number of amides is 1. The van der Waals surface area contributed by atoms with Gasteiger partial charge in [0.25, 0.3) is 11.6 Å². The number of non-ortho nitro benzene ring substituents is 1. The Kier molecular flexibility index (Phi) is 4.03. The van der Waals surface area contributed by atoms with Gasteiger partial charge < -0.3 is 9.84 Å². The van der Waals surface area contributed by atoms with Crippen LogP contribution in [-0.4, -0.2) is 34.1 Å². The van der Waals surface area contributed by atoms with Crippen LogP contribution >= 0.6 is 0 Å². The summed E-state index contributed by atoms with van der Waals surface area (Å²) in [6, 6.07) is 2.66. The Bertz CT molecular complexity index is 642. The van der Waals surface area contributed by atoms with Crippen molar-refractivity contribution in [3.05, 3.63) is 28.3 Å². The summed E-state index contributed by atoms with van der Waals surface area (Å²) in [5, 5.41) is 20.1. The Morgan fingerprint density at radius 1 is 1.41 bits per heavy atom. The van der Waals surface area contributed by atoms with E-state index in [1.54, 1.807) is 13.8 Å². The summed E-state index contributed by atoms with van der Waals surface area (Å²) in [5.41, 5.74) is 0.0425. The van der Waals surface area contributed by atoms with Crippen LogP contribution in [0.1, 0.15) is 20.8 Å². The number of nitro benzene ring substituents is 1. The Morgan fingerprint density at radius 2 is 2.05 bits per heavy atom. The molecule has 2 unspecified atom stereocenters. The molecule has 8 heteroatoms. The molecule has 1 aliphatic heterocycles. The quantitative estimate of drug-likeness (QED) is 0.671. The van der Waals surface area contributed by atoms with Gasteiger partial charge in [-0.25, -0.2) is 4.79 Å². The van der Waals surface area contributed by atoms with E-state index in [0.29, 0.717) is 0 Å². The highest BCUT2D eigenvalue weighted by molar-refractivity contribution is 6.04. The number of nitro groups is 1. The van der Waals surface area contributed by atoms with E-state index >= 15 is 0 Å². The molecule has 0 aliphatic carbocycles. The highest BCUT2D eigenvalue weighted by Crippen LogP contribution is 2.39. The summed E-state index contributed by atoms with van der Waals surface area (Å²) in [6.45, 7) is 4.90. The number of carboxylic acid groups (broad SMARTS) is 1. The first-order chi connectivity index (χ1) is 10.2. The number of carboxylic acids is 1. The van der Waals surface area contributed by atoms with Crippen LogP contribution in [0.3, 0.4) is 0 Å². The van der Waals surface area contributed by atoms with E-state index < -0.39 is 28.9 Å². The lowest BCUT2D eigenvalue weighted by Gasteiger charge is -2.37. The van der Waals surface area contributed by atoms with Crippen molar-refractivity contribution in [2.75, 3.05) is 4.90 Å². The van der Waals surface area contributed by atoms with Gasteiger partial charge in [-0.1, -0.05) is 13.8 Å². The highest BCUT2D eigenvalue weighted by atomic mass is 16.6. The van der Waals surface area contributed by atoms with Gasteiger partial charge in [0.05, 0.1) is 16.7 Å². The molecule has 0 bridgehead atoms. The third-order valence-electron chi connectivity index (χ3n) is 3.50. The van der Waals surface area contributed by atoms with E-state index in [2.05, 4.69) is 0 Å². The molecular formula is C14H16N2O6. The van der Waals surface area contributed by atoms with Crippen LogP contribution < -0.4 is 9.64 Å². The standard InChI is InChI=1S/C14H16N2O6/c1-7(2)12-13(17)15(8(3)14(18)19)10-5-4-9(16(20)21)6-11(10)22-12/h4-8,12H,1-3H3,(H,18,19). The summed E-state index contributed by atoms with van der Waals surface area (Å²) in [4.78, 5) is 35.2. The van der Waals surface area contributed by atoms with Crippen molar-refractivity contribution >= 4 is 23.3 Å². The molecule has 1 heterocycles. The second kappa shape index (κ2) is 5.63. The van der Waals surface area contributed by atoms with Crippen LogP contribution in [0.15, 0.2) is 18.2 Å². The fraction of sp³-hybridized carbons (Fsp3) is 0.429. The van der Waals surface area contributed by atoms with E-state index in [1.165, 1.54) is 25.1 Å². The van der Waals surface area contributed by atoms with Crippen molar-refractivity contribution in [2.24, 2.45) is 5.92 Å². The van der Waals surface area contributed by atoms with Gasteiger partial charge >= 0.3 is 5.97 Å². The first kappa shape index (κ1) is 15.7. The van der Waals surface area contributed by atoms with Crippen molar-refractivity contribution in [3.63, 3.8) is 0 Å². The fourth-order valence-electron chi connectivity index (χ4n) is 2.28. The van der Waals surface area contributed by atoms with E-state index in [4.69, 9.17) is 4.74 Å². The molecule has 0 saturated heterocycles. The smallest absolute Gasteiger partial charge is 0.326 e. The summed E-state index contributed by atoms with van der Waals surface area (Å²) < 4.78 is 5.57. The monoisotopic (exact) mass is 308 g/mol. The molecule has 1 aromatic carbocycles. The maximum Gasteiger partial charge on any atom is 0.326 e. The molecule has 1 aromatic rings. The molecule has 1 N–H and O–H groups in total. The average molecular weight is 308 g/mol. The van der Waals surface area contributed by atoms with Gasteiger partial charge in [0.2, 0.25) is 0 Å². The summed E-state index contributed by atoms with van der Waals surface area (Å²) in [5.74, 6) is -1.70. The number of anilines is 1. The number of benzene rings is 1. The molecule has 22 heavy (non-hydrogen) atoms.